The lowest BCUT2D eigenvalue weighted by molar-refractivity contribution is -0.955. The molecule has 0 rings (SSSR count). The van der Waals surface area contributed by atoms with E-state index in [1.54, 1.807) is 0 Å². The van der Waals surface area contributed by atoms with Crippen molar-refractivity contribution in [3.63, 3.8) is 0 Å². The lowest BCUT2D eigenvalue weighted by Gasteiger charge is -2.38. The monoisotopic (exact) mass is 454 g/mol. The van der Waals surface area contributed by atoms with Crippen LogP contribution in [0.15, 0.2) is 0 Å². The molecule has 12 nitrogen and oxygen atoms in total. The van der Waals surface area contributed by atoms with E-state index < -0.39 is 21.6 Å². The van der Waals surface area contributed by atoms with Gasteiger partial charge in [-0.25, -0.2) is 4.18 Å². The molecule has 0 radical (unpaired) electrons. The zero-order valence-corrected chi connectivity index (χ0v) is 18.4. The summed E-state index contributed by atoms with van der Waals surface area (Å²) in [6.07, 6.45) is 0.423. The zero-order valence-electron chi connectivity index (χ0n) is 16.8. The van der Waals surface area contributed by atoms with E-state index in [0.717, 1.165) is 0 Å². The van der Waals surface area contributed by atoms with Gasteiger partial charge >= 0.3 is 16.4 Å². The highest BCUT2D eigenvalue weighted by molar-refractivity contribution is 8.15. The molecule has 0 saturated heterocycles. The number of quaternary nitrogens is 2. The minimum atomic E-state index is -4.47. The predicted molar refractivity (Wildman–Crippen MR) is 103 cm³/mol. The topological polar surface area (TPSA) is 160 Å². The standard InChI is InChI=1S/C14H32N2O10S2/c1-14(17)24-12-10-16(4,6-5-11-25-27(18,19)20)8-7-15(2,3)9-13-26-28(21,22)23/h5-13H2,1-4H3,(H2-2,18,19,20,21,22,23)/p+2. The third-order valence-corrected chi connectivity index (χ3v) is 5.14. The average Bonchev–Trinajstić information content (AvgIpc) is 2.47. The molecule has 0 aliphatic carbocycles. The number of likely N-dealkylation sites (N-methyl/N-ethyl adjacent to an activating group) is 2. The first-order chi connectivity index (χ1) is 12.5. The van der Waals surface area contributed by atoms with Gasteiger partial charge in [0.25, 0.3) is 0 Å². The van der Waals surface area contributed by atoms with Crippen molar-refractivity contribution in [1.82, 2.24) is 0 Å². The second-order valence-electron chi connectivity index (χ2n) is 7.41. The van der Waals surface area contributed by atoms with Crippen LogP contribution >= 0.6 is 11.2 Å². The normalized spacial score (nSPS) is 15.9. The average molecular weight is 455 g/mol. The van der Waals surface area contributed by atoms with E-state index in [0.29, 0.717) is 48.1 Å². The highest BCUT2D eigenvalue weighted by atomic mass is 32.3. The Kier molecular flexibility index (Phi) is 11.4. The second-order valence-corrected chi connectivity index (χ2v) is 9.67. The van der Waals surface area contributed by atoms with E-state index in [9.17, 15) is 13.2 Å². The molecule has 0 spiro atoms. The lowest BCUT2D eigenvalue weighted by Crippen LogP contribution is -2.55. The largest absolute Gasteiger partial charge is 0.460 e. The Morgan fingerprint density at radius 1 is 0.821 bits per heavy atom. The summed E-state index contributed by atoms with van der Waals surface area (Å²) in [5.74, 6) is -0.386. The van der Waals surface area contributed by atoms with E-state index in [4.69, 9.17) is 22.9 Å². The molecule has 0 aromatic rings. The summed E-state index contributed by atoms with van der Waals surface area (Å²) >= 11 is -3.99. The molecule has 0 fully saturated rings. The van der Waals surface area contributed by atoms with Crippen LogP contribution < -0.4 is 0 Å². The van der Waals surface area contributed by atoms with Gasteiger partial charge in [-0.3, -0.25) is 27.2 Å². The van der Waals surface area contributed by atoms with Crippen LogP contribution in [0.25, 0.3) is 0 Å². The minimum absolute atomic E-state index is 0.0549. The van der Waals surface area contributed by atoms with Gasteiger partial charge in [0.15, 0.2) is 0 Å². The molecule has 1 unspecified atom stereocenters. The van der Waals surface area contributed by atoms with Gasteiger partial charge in [-0.1, -0.05) is 0 Å². The summed E-state index contributed by atoms with van der Waals surface area (Å²) in [6.45, 7) is 3.98. The fourth-order valence-corrected chi connectivity index (χ4v) is 3.00. The number of carbonyl (C=O) groups excluding carboxylic acids is 1. The lowest BCUT2D eigenvalue weighted by atomic mass is 10.3. The first-order valence-electron chi connectivity index (χ1n) is 8.59. The third kappa shape index (κ3) is 16.4. The van der Waals surface area contributed by atoms with Gasteiger partial charge in [0, 0.05) is 13.3 Å². The summed E-state index contributed by atoms with van der Waals surface area (Å²) in [6, 6.07) is 0. The Morgan fingerprint density at radius 2 is 1.43 bits per heavy atom. The number of hydrogen-bond donors (Lipinski definition) is 4. The summed E-state index contributed by atoms with van der Waals surface area (Å²) in [5.41, 5.74) is 0. The molecule has 28 heavy (non-hydrogen) atoms. The molecular formula is C14H34N2O10S2+2. The predicted octanol–water partition coefficient (Wildman–Crippen LogP) is 0.437. The number of ether oxygens (including phenoxy) is 1. The van der Waals surface area contributed by atoms with Crippen LogP contribution in [0, 0.1) is 0 Å². The van der Waals surface area contributed by atoms with E-state index >= 15 is 0 Å². The minimum Gasteiger partial charge on any atom is -0.460 e. The summed E-state index contributed by atoms with van der Waals surface area (Å²) in [7, 11) is 1.23. The molecule has 1 atom stereocenters. The highest BCUT2D eigenvalue weighted by Gasteiger charge is 2.27. The van der Waals surface area contributed by atoms with Gasteiger partial charge in [0.1, 0.15) is 39.4 Å². The molecule has 14 heteroatoms. The maximum absolute atomic E-state index is 11.0. The van der Waals surface area contributed by atoms with Crippen molar-refractivity contribution >= 4 is 27.5 Å². The van der Waals surface area contributed by atoms with Crippen molar-refractivity contribution in [2.24, 2.45) is 0 Å². The molecule has 0 aliphatic heterocycles. The summed E-state index contributed by atoms with van der Waals surface area (Å²) in [5, 5.41) is 0. The SMILES string of the molecule is CC(=O)OCC[N+](C)(CCCOS(O)(O)O)CC[N+](C)(C)CCOS(=O)(=O)O. The molecule has 0 aromatic heterocycles. The Hall–Kier alpha value is -0.550. The first-order valence-corrected chi connectivity index (χ1v) is 11.4. The number of rotatable bonds is 15. The number of nitrogens with zero attached hydrogens (tertiary/aromatic N) is 2. The van der Waals surface area contributed by atoms with Crippen LogP contribution in [0.1, 0.15) is 13.3 Å². The molecule has 0 bridgehead atoms. The van der Waals surface area contributed by atoms with E-state index in [2.05, 4.69) is 8.37 Å². The first kappa shape index (κ1) is 27.5. The fraction of sp³-hybridized carbons (Fsp3) is 0.929. The van der Waals surface area contributed by atoms with Crippen molar-refractivity contribution in [3.05, 3.63) is 0 Å². The molecule has 0 saturated carbocycles. The van der Waals surface area contributed by atoms with Crippen LogP contribution in [0.4, 0.5) is 0 Å². The van der Waals surface area contributed by atoms with Crippen molar-refractivity contribution < 1.29 is 53.5 Å². The molecule has 0 amide bonds. The third-order valence-electron chi connectivity index (χ3n) is 4.19. The molecule has 0 aromatic carbocycles. The molecule has 170 valence electrons. The number of carbonyl (C=O) groups is 1. The summed E-state index contributed by atoms with van der Waals surface area (Å²) in [4.78, 5) is 11.0. The van der Waals surface area contributed by atoms with Crippen molar-refractivity contribution in [3.8, 4) is 0 Å². The number of esters is 1. The van der Waals surface area contributed by atoms with Crippen LogP contribution in [0.5, 0.6) is 0 Å². The van der Waals surface area contributed by atoms with Crippen molar-refractivity contribution in [1.29, 1.82) is 0 Å². The van der Waals surface area contributed by atoms with Crippen LogP contribution in [0.3, 0.4) is 0 Å². The van der Waals surface area contributed by atoms with Crippen LogP contribution in [-0.4, -0.2) is 115 Å². The fourth-order valence-electron chi connectivity index (χ4n) is 2.38. The van der Waals surface area contributed by atoms with Crippen LogP contribution in [0.2, 0.25) is 0 Å². The van der Waals surface area contributed by atoms with Crippen LogP contribution in [-0.2, 0) is 28.3 Å². The maximum atomic E-state index is 11.0. The summed E-state index contributed by atoms with van der Waals surface area (Å²) < 4.78 is 71.2. The van der Waals surface area contributed by atoms with Gasteiger partial charge in [-0.2, -0.15) is 8.42 Å². The van der Waals surface area contributed by atoms with E-state index in [-0.39, 0.29) is 25.8 Å². The zero-order chi connectivity index (χ0) is 22.1. The smallest absolute Gasteiger partial charge is 0.397 e. The van der Waals surface area contributed by atoms with Gasteiger partial charge in [-0.05, 0) is 0 Å². The van der Waals surface area contributed by atoms with E-state index in [1.165, 1.54) is 6.92 Å². The number of hydrogen-bond acceptors (Lipinski definition) is 9. The Balaban J connectivity index is 4.68. The van der Waals surface area contributed by atoms with E-state index in [1.807, 2.05) is 21.1 Å². The van der Waals surface area contributed by atoms with Crippen molar-refractivity contribution in [2.75, 3.05) is 73.7 Å². The quantitative estimate of drug-likeness (QED) is 0.118. The van der Waals surface area contributed by atoms with Gasteiger partial charge in [0.2, 0.25) is 11.2 Å². The van der Waals surface area contributed by atoms with Gasteiger partial charge in [0.05, 0.1) is 34.3 Å². The molecule has 0 aliphatic rings. The Morgan fingerprint density at radius 3 is 1.93 bits per heavy atom. The molecule has 4 N–H and O–H groups in total. The van der Waals surface area contributed by atoms with Gasteiger partial charge in [-0.15, -0.1) is 0 Å². The van der Waals surface area contributed by atoms with Crippen molar-refractivity contribution in [2.45, 2.75) is 13.3 Å². The van der Waals surface area contributed by atoms with Gasteiger partial charge < -0.3 is 13.7 Å². The Labute approximate surface area is 168 Å². The molecule has 0 heterocycles. The maximum Gasteiger partial charge on any atom is 0.397 e. The highest BCUT2D eigenvalue weighted by Crippen LogP contribution is 2.33. The Bertz CT molecular complexity index is 579. The second kappa shape index (κ2) is 11.6. The molecular weight excluding hydrogens is 420 g/mol.